The van der Waals surface area contributed by atoms with Gasteiger partial charge in [0.15, 0.2) is 0 Å². The number of carboxylic acids is 1. The van der Waals surface area contributed by atoms with Gasteiger partial charge in [0.2, 0.25) is 0 Å². The Bertz CT molecular complexity index is 780. The molecule has 2 aromatic rings. The van der Waals surface area contributed by atoms with Crippen molar-refractivity contribution >= 4 is 29.4 Å². The van der Waals surface area contributed by atoms with Crippen LogP contribution in [0.25, 0.3) is 11.1 Å². The van der Waals surface area contributed by atoms with E-state index in [0.717, 1.165) is 0 Å². The molecule has 0 bridgehead atoms. The topological polar surface area (TPSA) is 86.6 Å². The zero-order valence-electron chi connectivity index (χ0n) is 12.1. The molecule has 1 amide bonds. The first-order chi connectivity index (χ1) is 11.5. The summed E-state index contributed by atoms with van der Waals surface area (Å²) in [6.45, 7) is 0. The first kappa shape index (κ1) is 20.2. The van der Waals surface area contributed by atoms with Gasteiger partial charge in [-0.05, 0) is 29.8 Å². The molecule has 0 unspecified atom stereocenters. The van der Waals surface area contributed by atoms with Crippen LogP contribution in [0.2, 0.25) is 5.02 Å². The molecule has 0 radical (unpaired) electrons. The number of hydrogen-bond acceptors (Lipinski definition) is 2. The highest BCUT2D eigenvalue weighted by atomic mass is 35.5. The fraction of sp³-hybridized carbons (Fsp3) is 0.0667. The first-order valence-electron chi connectivity index (χ1n) is 6.36. The Kier molecular flexibility index (Phi) is 6.75. The van der Waals surface area contributed by atoms with E-state index >= 15 is 0 Å². The highest BCUT2D eigenvalue weighted by Crippen LogP contribution is 2.31. The summed E-state index contributed by atoms with van der Waals surface area (Å²) >= 11 is 5.81. The van der Waals surface area contributed by atoms with E-state index in [0.29, 0.717) is 21.8 Å². The molecule has 0 aliphatic carbocycles. The lowest BCUT2D eigenvalue weighted by molar-refractivity contribution is -0.192. The number of carbonyl (C=O) groups is 2. The third-order valence-corrected chi connectivity index (χ3v) is 2.84. The average Bonchev–Trinajstić information content (AvgIpc) is 2.46. The lowest BCUT2D eigenvalue weighted by atomic mass is 10.0. The number of hydrogen-bond donors (Lipinski definition) is 3. The van der Waals surface area contributed by atoms with Crippen molar-refractivity contribution in [2.24, 2.45) is 0 Å². The largest absolute Gasteiger partial charge is 0.490 e. The molecule has 0 atom stereocenters. The molecule has 25 heavy (non-hydrogen) atoms. The van der Waals surface area contributed by atoms with Crippen LogP contribution in [0.3, 0.4) is 0 Å². The van der Waals surface area contributed by atoms with Gasteiger partial charge >= 0.3 is 18.2 Å². The zero-order chi connectivity index (χ0) is 19.2. The van der Waals surface area contributed by atoms with E-state index in [4.69, 9.17) is 26.6 Å². The van der Waals surface area contributed by atoms with Crippen LogP contribution in [0, 0.1) is 5.82 Å². The fourth-order valence-electron chi connectivity index (χ4n) is 1.64. The average molecular weight is 380 g/mol. The molecule has 0 saturated heterocycles. The second kappa shape index (κ2) is 8.34. The van der Waals surface area contributed by atoms with Crippen molar-refractivity contribution in [3.05, 3.63) is 53.3 Å². The van der Waals surface area contributed by atoms with Crippen LogP contribution in [0.5, 0.6) is 0 Å². The van der Waals surface area contributed by atoms with Crippen LogP contribution in [0.15, 0.2) is 42.5 Å². The summed E-state index contributed by atoms with van der Waals surface area (Å²) in [4.78, 5) is 19.6. The van der Waals surface area contributed by atoms with E-state index in [9.17, 15) is 22.4 Å². The maximum Gasteiger partial charge on any atom is 0.490 e. The first-order valence-corrected chi connectivity index (χ1v) is 6.74. The number of rotatable bonds is 2. The van der Waals surface area contributed by atoms with E-state index < -0.39 is 18.2 Å². The monoisotopic (exact) mass is 379 g/mol. The molecule has 2 rings (SSSR count). The van der Waals surface area contributed by atoms with E-state index in [1.807, 2.05) is 0 Å². The number of nitrogens with one attached hydrogen (secondary N) is 1. The molecule has 0 saturated carbocycles. The third-order valence-electron chi connectivity index (χ3n) is 2.60. The molecule has 2 aromatic carbocycles. The predicted molar refractivity (Wildman–Crippen MR) is 82.2 cm³/mol. The molecule has 3 N–H and O–H groups in total. The number of anilines is 1. The molecule has 134 valence electrons. The normalized spacial score (nSPS) is 10.4. The van der Waals surface area contributed by atoms with E-state index in [-0.39, 0.29) is 5.82 Å². The van der Waals surface area contributed by atoms with Gasteiger partial charge in [-0.1, -0.05) is 29.8 Å². The maximum absolute atomic E-state index is 13.2. The van der Waals surface area contributed by atoms with Crippen LogP contribution >= 0.6 is 11.6 Å². The Hall–Kier alpha value is -2.81. The number of aliphatic carboxylic acids is 1. The minimum atomic E-state index is -5.08. The number of carboxylic acid groups (broad SMARTS) is 2. The SMILES string of the molecule is O=C(O)C(F)(F)F.O=C(O)Nc1cc(Cl)ccc1-c1cccc(F)c1. The minimum Gasteiger partial charge on any atom is -0.475 e. The van der Waals surface area contributed by atoms with Crippen LogP contribution in [-0.2, 0) is 4.79 Å². The van der Waals surface area contributed by atoms with E-state index in [1.54, 1.807) is 24.3 Å². The molecule has 5 nitrogen and oxygen atoms in total. The Morgan fingerprint density at radius 1 is 1.04 bits per heavy atom. The van der Waals surface area contributed by atoms with Gasteiger partial charge in [0.25, 0.3) is 0 Å². The summed E-state index contributed by atoms with van der Waals surface area (Å²) in [6.07, 6.45) is -6.28. The van der Waals surface area contributed by atoms with Crippen molar-refractivity contribution in [2.75, 3.05) is 5.32 Å². The number of amides is 1. The van der Waals surface area contributed by atoms with Gasteiger partial charge in [-0.2, -0.15) is 13.2 Å². The van der Waals surface area contributed by atoms with Gasteiger partial charge in [-0.15, -0.1) is 0 Å². The molecular formula is C15H10ClF4NO4. The van der Waals surface area contributed by atoms with Gasteiger partial charge < -0.3 is 10.2 Å². The van der Waals surface area contributed by atoms with Crippen molar-refractivity contribution in [2.45, 2.75) is 6.18 Å². The highest BCUT2D eigenvalue weighted by Gasteiger charge is 2.38. The summed E-state index contributed by atoms with van der Waals surface area (Å²) in [6, 6.07) is 10.6. The standard InChI is InChI=1S/C13H9ClFNO2.C2HF3O2/c14-9-4-5-11(12(7-9)16-13(17)18)8-2-1-3-10(15)6-8;3-2(4,5)1(6)7/h1-7,16H,(H,17,18);(H,6,7). The van der Waals surface area contributed by atoms with Crippen molar-refractivity contribution in [1.29, 1.82) is 0 Å². The second-order valence-corrected chi connectivity index (χ2v) is 4.87. The van der Waals surface area contributed by atoms with Gasteiger partial charge in [0, 0.05) is 10.6 Å². The minimum absolute atomic E-state index is 0.320. The van der Waals surface area contributed by atoms with E-state index in [2.05, 4.69) is 5.32 Å². The molecule has 0 aliphatic heterocycles. The predicted octanol–water partition coefficient (Wildman–Crippen LogP) is 4.87. The zero-order valence-corrected chi connectivity index (χ0v) is 12.9. The van der Waals surface area contributed by atoms with E-state index in [1.165, 1.54) is 18.2 Å². The van der Waals surface area contributed by atoms with Gasteiger partial charge in [0.05, 0.1) is 5.69 Å². The molecular weight excluding hydrogens is 370 g/mol. The summed E-state index contributed by atoms with van der Waals surface area (Å²) in [5, 5.41) is 18.5. The summed E-state index contributed by atoms with van der Waals surface area (Å²) in [5.74, 6) is -3.14. The van der Waals surface area contributed by atoms with Gasteiger partial charge in [0.1, 0.15) is 5.82 Å². The Morgan fingerprint density at radius 2 is 1.64 bits per heavy atom. The van der Waals surface area contributed by atoms with Gasteiger partial charge in [-0.3, -0.25) is 5.32 Å². The molecule has 0 heterocycles. The van der Waals surface area contributed by atoms with Gasteiger partial charge in [-0.25, -0.2) is 14.0 Å². The fourth-order valence-corrected chi connectivity index (χ4v) is 1.81. The smallest absolute Gasteiger partial charge is 0.475 e. The number of alkyl halides is 3. The molecule has 10 heteroatoms. The highest BCUT2D eigenvalue weighted by molar-refractivity contribution is 6.31. The number of benzene rings is 2. The molecule has 0 aliphatic rings. The van der Waals surface area contributed by atoms with Crippen molar-refractivity contribution in [3.63, 3.8) is 0 Å². The Labute approximate surface area is 143 Å². The lowest BCUT2D eigenvalue weighted by Crippen LogP contribution is -2.21. The molecule has 0 spiro atoms. The van der Waals surface area contributed by atoms with Crippen molar-refractivity contribution < 1.29 is 37.4 Å². The molecule has 0 fully saturated rings. The van der Waals surface area contributed by atoms with Crippen molar-refractivity contribution in [1.82, 2.24) is 0 Å². The Balaban J connectivity index is 0.000000381. The summed E-state index contributed by atoms with van der Waals surface area (Å²) in [5.41, 5.74) is 1.47. The van der Waals surface area contributed by atoms with Crippen LogP contribution < -0.4 is 5.32 Å². The Morgan fingerprint density at radius 3 is 2.12 bits per heavy atom. The number of halogens is 5. The third kappa shape index (κ3) is 6.68. The van der Waals surface area contributed by atoms with Crippen LogP contribution in [-0.4, -0.2) is 28.5 Å². The quantitative estimate of drug-likeness (QED) is 0.650. The van der Waals surface area contributed by atoms with Crippen LogP contribution in [0.1, 0.15) is 0 Å². The summed E-state index contributed by atoms with van der Waals surface area (Å²) in [7, 11) is 0. The lowest BCUT2D eigenvalue weighted by Gasteiger charge is -2.10. The summed E-state index contributed by atoms with van der Waals surface area (Å²) < 4.78 is 44.9. The van der Waals surface area contributed by atoms with Crippen molar-refractivity contribution in [3.8, 4) is 11.1 Å². The molecule has 0 aromatic heterocycles. The second-order valence-electron chi connectivity index (χ2n) is 4.43. The van der Waals surface area contributed by atoms with Crippen LogP contribution in [0.4, 0.5) is 28.0 Å². The maximum atomic E-state index is 13.2.